The lowest BCUT2D eigenvalue weighted by atomic mass is 9.72. The molecule has 10 heteroatoms. The van der Waals surface area contributed by atoms with Gasteiger partial charge in [0.25, 0.3) is 5.79 Å². The molecule has 2 aromatic rings. The Morgan fingerprint density at radius 3 is 2.10 bits per heavy atom. The summed E-state index contributed by atoms with van der Waals surface area (Å²) in [4.78, 5) is 11.3. The van der Waals surface area contributed by atoms with Crippen LogP contribution < -0.4 is 15.4 Å². The maximum Gasteiger partial charge on any atom is 0.447 e. The first-order valence-corrected chi connectivity index (χ1v) is 13.2. The van der Waals surface area contributed by atoms with Gasteiger partial charge in [0.1, 0.15) is 5.75 Å². The van der Waals surface area contributed by atoms with E-state index in [-0.39, 0.29) is 23.4 Å². The number of hydrogen-bond acceptors (Lipinski definition) is 5. The SMILES string of the molecule is CCOc1ccc(-c2ccc(C(O)(O)C(F)(F)F)cc2)cc1CNC1CCC(C(NC(=O)O)C(C)(C)C)CC1. The number of amides is 1. The van der Waals surface area contributed by atoms with Gasteiger partial charge in [-0.05, 0) is 67.2 Å². The number of alkyl halides is 3. The predicted octanol–water partition coefficient (Wildman–Crippen LogP) is 5.78. The molecule has 2 aromatic carbocycles. The summed E-state index contributed by atoms with van der Waals surface area (Å²) >= 11 is 0. The van der Waals surface area contributed by atoms with E-state index < -0.39 is 23.6 Å². The molecule has 0 bridgehead atoms. The normalized spacial score (nSPS) is 19.4. The first-order chi connectivity index (χ1) is 18.1. The van der Waals surface area contributed by atoms with Crippen molar-refractivity contribution in [3.8, 4) is 16.9 Å². The molecule has 1 unspecified atom stereocenters. The second-order valence-electron chi connectivity index (χ2n) is 11.3. The fourth-order valence-electron chi connectivity index (χ4n) is 5.34. The fraction of sp³-hybridized carbons (Fsp3) is 0.552. The quantitative estimate of drug-likeness (QED) is 0.252. The molecule has 0 radical (unpaired) electrons. The van der Waals surface area contributed by atoms with Crippen molar-refractivity contribution in [1.82, 2.24) is 10.6 Å². The van der Waals surface area contributed by atoms with Gasteiger partial charge in [-0.3, -0.25) is 0 Å². The predicted molar refractivity (Wildman–Crippen MR) is 142 cm³/mol. The molecule has 7 nitrogen and oxygen atoms in total. The average Bonchev–Trinajstić information content (AvgIpc) is 2.86. The monoisotopic (exact) mass is 552 g/mol. The van der Waals surface area contributed by atoms with Gasteiger partial charge < -0.3 is 30.7 Å². The zero-order valence-corrected chi connectivity index (χ0v) is 22.8. The number of benzene rings is 2. The Balaban J connectivity index is 1.70. The van der Waals surface area contributed by atoms with Crippen LogP contribution in [0, 0.1) is 11.3 Å². The van der Waals surface area contributed by atoms with Gasteiger partial charge in [0.05, 0.1) is 6.61 Å². The molecule has 0 saturated heterocycles. The number of hydrogen-bond donors (Lipinski definition) is 5. The van der Waals surface area contributed by atoms with E-state index in [4.69, 9.17) is 4.74 Å². The molecule has 1 saturated carbocycles. The molecular formula is C29H39F3N2O5. The Bertz CT molecular complexity index is 1110. The molecule has 3 rings (SSSR count). The molecule has 1 aliphatic rings. The molecular weight excluding hydrogens is 513 g/mol. The second-order valence-corrected chi connectivity index (χ2v) is 11.3. The van der Waals surface area contributed by atoms with Crippen LogP contribution >= 0.6 is 0 Å². The molecule has 0 heterocycles. The van der Waals surface area contributed by atoms with Crippen LogP contribution in [-0.2, 0) is 12.3 Å². The average molecular weight is 553 g/mol. The van der Waals surface area contributed by atoms with Gasteiger partial charge in [-0.1, -0.05) is 51.1 Å². The highest BCUT2D eigenvalue weighted by Gasteiger charge is 2.54. The van der Waals surface area contributed by atoms with Crippen LogP contribution in [0.25, 0.3) is 11.1 Å². The smallest absolute Gasteiger partial charge is 0.447 e. The van der Waals surface area contributed by atoms with E-state index in [1.165, 1.54) is 12.1 Å². The minimum Gasteiger partial charge on any atom is -0.494 e. The number of ether oxygens (including phenoxy) is 1. The molecule has 5 N–H and O–H groups in total. The molecule has 39 heavy (non-hydrogen) atoms. The van der Waals surface area contributed by atoms with E-state index in [0.29, 0.717) is 24.5 Å². The van der Waals surface area contributed by atoms with E-state index in [1.54, 1.807) is 0 Å². The van der Waals surface area contributed by atoms with Crippen molar-refractivity contribution >= 4 is 6.09 Å². The van der Waals surface area contributed by atoms with Crippen LogP contribution in [0.15, 0.2) is 42.5 Å². The van der Waals surface area contributed by atoms with Gasteiger partial charge in [-0.2, -0.15) is 13.2 Å². The van der Waals surface area contributed by atoms with Crippen LogP contribution in [0.4, 0.5) is 18.0 Å². The Hall–Kier alpha value is -2.82. The molecule has 1 amide bonds. The number of aliphatic hydroxyl groups is 2. The van der Waals surface area contributed by atoms with Gasteiger partial charge in [0.15, 0.2) is 0 Å². The molecule has 216 valence electrons. The van der Waals surface area contributed by atoms with Crippen LogP contribution in [0.2, 0.25) is 0 Å². The van der Waals surface area contributed by atoms with Crippen molar-refractivity contribution in [2.75, 3.05) is 6.61 Å². The van der Waals surface area contributed by atoms with Crippen molar-refractivity contribution in [1.29, 1.82) is 0 Å². The Kier molecular flexibility index (Phi) is 9.56. The first kappa shape index (κ1) is 30.7. The number of carboxylic acid groups (broad SMARTS) is 1. The summed E-state index contributed by atoms with van der Waals surface area (Å²) in [5.41, 5.74) is 1.44. The topological polar surface area (TPSA) is 111 Å². The lowest BCUT2D eigenvalue weighted by Crippen LogP contribution is -2.50. The highest BCUT2D eigenvalue weighted by atomic mass is 19.4. The molecule has 1 aliphatic carbocycles. The second kappa shape index (κ2) is 12.1. The summed E-state index contributed by atoms with van der Waals surface area (Å²) < 4.78 is 44.7. The first-order valence-electron chi connectivity index (χ1n) is 13.2. The third-order valence-electron chi connectivity index (χ3n) is 7.41. The summed E-state index contributed by atoms with van der Waals surface area (Å²) in [6.45, 7) is 9.04. The van der Waals surface area contributed by atoms with E-state index in [2.05, 4.69) is 10.6 Å². The summed E-state index contributed by atoms with van der Waals surface area (Å²) in [7, 11) is 0. The summed E-state index contributed by atoms with van der Waals surface area (Å²) in [6.07, 6.45) is -2.59. The standard InChI is InChI=1S/C29H39F3N2O5/c1-5-39-24-15-10-20(18-6-11-22(12-7-18)28(37,38)29(30,31)32)16-21(24)17-33-23-13-8-19(9-14-23)25(27(2,3)4)34-26(35)36/h6-7,10-12,15-16,19,23,25,33-34,37-38H,5,8-9,13-14,17H2,1-4H3,(H,35,36). The lowest BCUT2D eigenvalue weighted by Gasteiger charge is -2.40. The summed E-state index contributed by atoms with van der Waals surface area (Å²) in [5, 5.41) is 34.6. The largest absolute Gasteiger partial charge is 0.494 e. The number of halogens is 3. The summed E-state index contributed by atoms with van der Waals surface area (Å²) in [5.74, 6) is -2.95. The molecule has 0 spiro atoms. The van der Waals surface area contributed by atoms with Gasteiger partial charge in [-0.25, -0.2) is 4.79 Å². The number of rotatable bonds is 9. The van der Waals surface area contributed by atoms with Crippen molar-refractivity contribution in [3.05, 3.63) is 53.6 Å². The fourth-order valence-corrected chi connectivity index (χ4v) is 5.34. The lowest BCUT2D eigenvalue weighted by molar-refractivity contribution is -0.358. The van der Waals surface area contributed by atoms with E-state index in [9.17, 15) is 33.3 Å². The third kappa shape index (κ3) is 7.64. The summed E-state index contributed by atoms with van der Waals surface area (Å²) in [6, 6.07) is 10.6. The Labute approximate surface area is 227 Å². The van der Waals surface area contributed by atoms with Crippen molar-refractivity contribution < 1.29 is 38.0 Å². The van der Waals surface area contributed by atoms with Crippen LogP contribution in [-0.4, -0.2) is 46.3 Å². The van der Waals surface area contributed by atoms with Gasteiger partial charge in [-0.15, -0.1) is 0 Å². The van der Waals surface area contributed by atoms with Gasteiger partial charge in [0, 0.05) is 29.8 Å². The van der Waals surface area contributed by atoms with E-state index in [0.717, 1.165) is 48.9 Å². The zero-order valence-electron chi connectivity index (χ0n) is 22.8. The minimum atomic E-state index is -5.22. The Morgan fingerprint density at radius 2 is 1.59 bits per heavy atom. The minimum absolute atomic E-state index is 0.124. The van der Waals surface area contributed by atoms with Crippen LogP contribution in [0.5, 0.6) is 5.75 Å². The van der Waals surface area contributed by atoms with Crippen LogP contribution in [0.1, 0.15) is 64.5 Å². The maximum atomic E-state index is 13.0. The van der Waals surface area contributed by atoms with Gasteiger partial charge in [0.2, 0.25) is 0 Å². The number of carbonyl (C=O) groups is 1. The highest BCUT2D eigenvalue weighted by Crippen LogP contribution is 2.38. The van der Waals surface area contributed by atoms with Gasteiger partial charge >= 0.3 is 12.3 Å². The molecule has 0 aromatic heterocycles. The van der Waals surface area contributed by atoms with Crippen LogP contribution in [0.3, 0.4) is 0 Å². The van der Waals surface area contributed by atoms with E-state index >= 15 is 0 Å². The van der Waals surface area contributed by atoms with Crippen molar-refractivity contribution in [2.24, 2.45) is 11.3 Å². The number of nitrogens with one attached hydrogen (secondary N) is 2. The maximum absolute atomic E-state index is 13.0. The molecule has 1 atom stereocenters. The van der Waals surface area contributed by atoms with Crippen molar-refractivity contribution in [3.63, 3.8) is 0 Å². The third-order valence-corrected chi connectivity index (χ3v) is 7.41. The molecule has 0 aliphatic heterocycles. The Morgan fingerprint density at radius 1 is 1.00 bits per heavy atom. The molecule has 1 fully saturated rings. The van der Waals surface area contributed by atoms with Crippen molar-refractivity contribution in [2.45, 2.75) is 84.0 Å². The zero-order chi connectivity index (χ0) is 29.0. The van der Waals surface area contributed by atoms with E-state index in [1.807, 2.05) is 45.9 Å². The highest BCUT2D eigenvalue weighted by molar-refractivity contribution is 5.66.